The zero-order valence-corrected chi connectivity index (χ0v) is 19.1. The lowest BCUT2D eigenvalue weighted by molar-refractivity contribution is -0.151. The number of rotatable bonds is 7. The molecule has 0 saturated heterocycles. The third kappa shape index (κ3) is 3.98. The first-order valence-corrected chi connectivity index (χ1v) is 10.7. The van der Waals surface area contributed by atoms with Gasteiger partial charge in [0.05, 0.1) is 23.9 Å². The van der Waals surface area contributed by atoms with E-state index in [0.29, 0.717) is 17.6 Å². The van der Waals surface area contributed by atoms with Gasteiger partial charge >= 0.3 is 5.97 Å². The fourth-order valence-corrected chi connectivity index (χ4v) is 4.35. The molecule has 4 N–H and O–H groups in total. The first kappa shape index (κ1) is 22.4. The number of nitrogens with zero attached hydrogens (tertiary/aromatic N) is 2. The SMILES string of the molecule is COC(=O)C(C)(C)C(c1cnc(C)c(CCl)c1)c1ccc(N(N)C2CC2)c(N)c1C. The van der Waals surface area contributed by atoms with Gasteiger partial charge in [-0.15, -0.1) is 11.6 Å². The lowest BCUT2D eigenvalue weighted by Crippen LogP contribution is -2.35. The number of hydrogen-bond donors (Lipinski definition) is 2. The van der Waals surface area contributed by atoms with E-state index in [1.54, 1.807) is 5.01 Å². The first-order valence-electron chi connectivity index (χ1n) is 10.2. The van der Waals surface area contributed by atoms with Crippen molar-refractivity contribution >= 4 is 28.9 Å². The van der Waals surface area contributed by atoms with E-state index < -0.39 is 5.41 Å². The fourth-order valence-electron chi connectivity index (χ4n) is 4.07. The lowest BCUT2D eigenvalue weighted by atomic mass is 9.70. The second kappa shape index (κ2) is 8.44. The summed E-state index contributed by atoms with van der Waals surface area (Å²) in [6, 6.07) is 6.32. The van der Waals surface area contributed by atoms with Crippen LogP contribution < -0.4 is 16.6 Å². The molecular weight excluding hydrogens is 400 g/mol. The van der Waals surface area contributed by atoms with Crippen LogP contribution in [0.15, 0.2) is 24.4 Å². The molecule has 30 heavy (non-hydrogen) atoms. The number of nitrogen functional groups attached to an aromatic ring is 1. The van der Waals surface area contributed by atoms with E-state index in [4.69, 9.17) is 27.9 Å². The summed E-state index contributed by atoms with van der Waals surface area (Å²) in [4.78, 5) is 17.3. The fraction of sp³-hybridized carbons (Fsp3) is 0.478. The summed E-state index contributed by atoms with van der Waals surface area (Å²) in [6.07, 6.45) is 3.96. The lowest BCUT2D eigenvalue weighted by Gasteiger charge is -2.34. The van der Waals surface area contributed by atoms with Gasteiger partial charge in [-0.05, 0) is 68.9 Å². The summed E-state index contributed by atoms with van der Waals surface area (Å²) >= 11 is 6.14. The summed E-state index contributed by atoms with van der Waals surface area (Å²) in [5, 5.41) is 1.76. The van der Waals surface area contributed by atoms with E-state index in [-0.39, 0.29) is 11.9 Å². The van der Waals surface area contributed by atoms with Gasteiger partial charge in [-0.3, -0.25) is 9.78 Å². The van der Waals surface area contributed by atoms with Crippen LogP contribution in [-0.4, -0.2) is 24.1 Å². The number of nitrogens with two attached hydrogens (primary N) is 2. The highest BCUT2D eigenvalue weighted by atomic mass is 35.5. The average molecular weight is 431 g/mol. The number of anilines is 2. The maximum Gasteiger partial charge on any atom is 0.312 e. The summed E-state index contributed by atoms with van der Waals surface area (Å²) in [6.45, 7) is 7.66. The zero-order chi connectivity index (χ0) is 22.2. The predicted octanol–water partition coefficient (Wildman–Crippen LogP) is 4.19. The van der Waals surface area contributed by atoms with Crippen molar-refractivity contribution in [3.8, 4) is 0 Å². The van der Waals surface area contributed by atoms with E-state index in [1.165, 1.54) is 7.11 Å². The van der Waals surface area contributed by atoms with Crippen molar-refractivity contribution in [2.75, 3.05) is 17.9 Å². The Kier molecular flexibility index (Phi) is 6.29. The molecule has 1 aliphatic rings. The van der Waals surface area contributed by atoms with Gasteiger partial charge in [0.1, 0.15) is 0 Å². The van der Waals surface area contributed by atoms with E-state index in [0.717, 1.165) is 46.5 Å². The summed E-state index contributed by atoms with van der Waals surface area (Å²) in [7, 11) is 1.41. The van der Waals surface area contributed by atoms with Gasteiger partial charge < -0.3 is 15.5 Å². The Morgan fingerprint density at radius 1 is 1.37 bits per heavy atom. The van der Waals surface area contributed by atoms with Crippen LogP contribution in [0.1, 0.15) is 60.6 Å². The number of hydrazine groups is 1. The standard InChI is InChI=1S/C23H31ClN4O2/c1-13-18(8-9-19(21(13)25)28(26)17-6-7-17)20(23(3,4)22(29)30-5)16-10-15(11-24)14(2)27-12-16/h8-10,12,17,20H,6-7,11,25-26H2,1-5H3. The molecule has 2 aromatic rings. The Morgan fingerprint density at radius 2 is 2.03 bits per heavy atom. The number of methoxy groups -OCH3 is 1. The highest BCUT2D eigenvalue weighted by Gasteiger charge is 2.41. The number of pyridine rings is 1. The number of aryl methyl sites for hydroxylation is 1. The third-order valence-electron chi connectivity index (χ3n) is 6.19. The topological polar surface area (TPSA) is 94.5 Å². The molecule has 3 rings (SSSR count). The number of carbonyl (C=O) groups excluding carboxylic acids is 1. The van der Waals surface area contributed by atoms with Crippen molar-refractivity contribution in [2.24, 2.45) is 11.3 Å². The molecule has 1 saturated carbocycles. The minimum Gasteiger partial charge on any atom is -0.469 e. The van der Waals surface area contributed by atoms with Crippen LogP contribution in [0.25, 0.3) is 0 Å². The van der Waals surface area contributed by atoms with E-state index in [9.17, 15) is 4.79 Å². The quantitative estimate of drug-likeness (QED) is 0.225. The van der Waals surface area contributed by atoms with Gasteiger partial charge in [-0.25, -0.2) is 5.84 Å². The monoisotopic (exact) mass is 430 g/mol. The number of ether oxygens (including phenoxy) is 1. The van der Waals surface area contributed by atoms with Crippen LogP contribution >= 0.6 is 11.6 Å². The summed E-state index contributed by atoms with van der Waals surface area (Å²) in [5.74, 6) is 6.00. The first-order chi connectivity index (χ1) is 14.1. The van der Waals surface area contributed by atoms with Crippen LogP contribution in [0.3, 0.4) is 0 Å². The molecule has 0 bridgehead atoms. The van der Waals surface area contributed by atoms with E-state index in [1.807, 2.05) is 52.1 Å². The molecule has 1 atom stereocenters. The average Bonchev–Trinajstić information content (AvgIpc) is 3.56. The maximum absolute atomic E-state index is 12.8. The summed E-state index contributed by atoms with van der Waals surface area (Å²) < 4.78 is 5.15. The third-order valence-corrected chi connectivity index (χ3v) is 6.47. The van der Waals surface area contributed by atoms with Crippen molar-refractivity contribution in [1.29, 1.82) is 0 Å². The van der Waals surface area contributed by atoms with Crippen molar-refractivity contribution in [1.82, 2.24) is 4.98 Å². The molecule has 1 aromatic heterocycles. The van der Waals surface area contributed by atoms with E-state index >= 15 is 0 Å². The number of benzene rings is 1. The van der Waals surface area contributed by atoms with Crippen LogP contribution in [0.5, 0.6) is 0 Å². The Balaban J connectivity index is 2.18. The Hall–Kier alpha value is -2.31. The van der Waals surface area contributed by atoms with Gasteiger partial charge in [-0.1, -0.05) is 12.1 Å². The highest BCUT2D eigenvalue weighted by Crippen LogP contribution is 2.46. The molecule has 1 aromatic carbocycles. The maximum atomic E-state index is 12.8. The van der Waals surface area contributed by atoms with Crippen LogP contribution in [0.2, 0.25) is 0 Å². The molecule has 1 aliphatic carbocycles. The molecule has 0 aliphatic heterocycles. The molecule has 6 nitrogen and oxygen atoms in total. The number of aromatic nitrogens is 1. The van der Waals surface area contributed by atoms with Crippen LogP contribution in [0, 0.1) is 19.3 Å². The highest BCUT2D eigenvalue weighted by molar-refractivity contribution is 6.17. The molecule has 1 heterocycles. The minimum absolute atomic E-state index is 0.305. The number of carbonyl (C=O) groups is 1. The van der Waals surface area contributed by atoms with Crippen LogP contribution in [0.4, 0.5) is 11.4 Å². The predicted molar refractivity (Wildman–Crippen MR) is 121 cm³/mol. The molecule has 0 radical (unpaired) electrons. The molecular formula is C23H31ClN4O2. The minimum atomic E-state index is -0.854. The number of esters is 1. The Bertz CT molecular complexity index is 956. The Labute approximate surface area is 183 Å². The van der Waals surface area contributed by atoms with Crippen molar-refractivity contribution in [3.63, 3.8) is 0 Å². The van der Waals surface area contributed by atoms with Gasteiger partial charge in [0.15, 0.2) is 0 Å². The number of alkyl halides is 1. The number of hydrogen-bond acceptors (Lipinski definition) is 6. The van der Waals surface area contributed by atoms with E-state index in [2.05, 4.69) is 4.98 Å². The van der Waals surface area contributed by atoms with Gasteiger partial charge in [0, 0.05) is 29.7 Å². The largest absolute Gasteiger partial charge is 0.469 e. The van der Waals surface area contributed by atoms with Crippen molar-refractivity contribution in [2.45, 2.75) is 58.4 Å². The second-order valence-electron chi connectivity index (χ2n) is 8.64. The normalized spacial score (nSPS) is 15.0. The van der Waals surface area contributed by atoms with Crippen molar-refractivity contribution < 1.29 is 9.53 Å². The zero-order valence-electron chi connectivity index (χ0n) is 18.3. The molecule has 0 spiro atoms. The molecule has 162 valence electrons. The van der Waals surface area contributed by atoms with Crippen LogP contribution in [-0.2, 0) is 15.4 Å². The van der Waals surface area contributed by atoms with Gasteiger partial charge in [-0.2, -0.15) is 0 Å². The molecule has 1 unspecified atom stereocenters. The summed E-state index contributed by atoms with van der Waals surface area (Å²) in [5.41, 5.74) is 11.7. The number of halogens is 1. The smallest absolute Gasteiger partial charge is 0.312 e. The molecule has 0 amide bonds. The molecule has 7 heteroatoms. The van der Waals surface area contributed by atoms with Crippen molar-refractivity contribution in [3.05, 3.63) is 52.3 Å². The van der Waals surface area contributed by atoms with Gasteiger partial charge in [0.25, 0.3) is 0 Å². The second-order valence-corrected chi connectivity index (χ2v) is 8.91. The van der Waals surface area contributed by atoms with Gasteiger partial charge in [0.2, 0.25) is 0 Å². The molecule has 1 fully saturated rings. The Morgan fingerprint density at radius 3 is 2.60 bits per heavy atom.